The second-order valence-corrected chi connectivity index (χ2v) is 3.10. The van der Waals surface area contributed by atoms with Crippen molar-refractivity contribution in [3.63, 3.8) is 0 Å². The Labute approximate surface area is 94.7 Å². The highest BCUT2D eigenvalue weighted by Gasteiger charge is 2.16. The number of hydrogen-bond acceptors (Lipinski definition) is 5. The maximum Gasteiger partial charge on any atom is 0.333 e. The Morgan fingerprint density at radius 3 is 2.44 bits per heavy atom. The number of carbonyl (C=O) groups is 2. The normalized spacial score (nSPS) is 11.4. The lowest BCUT2D eigenvalue weighted by Gasteiger charge is -2.16. The standard InChI is InChI=1S/C11H16O5/c1-5-10(12)15-7-9(6-14-4)16-11(13)8(2)3/h5,9H,1-2,6-7H2,3-4H3. The van der Waals surface area contributed by atoms with Crippen LogP contribution in [0.3, 0.4) is 0 Å². The third-order valence-electron chi connectivity index (χ3n) is 1.55. The fourth-order valence-corrected chi connectivity index (χ4v) is 0.788. The van der Waals surface area contributed by atoms with Crippen molar-refractivity contribution < 1.29 is 23.8 Å². The molecule has 0 rings (SSSR count). The van der Waals surface area contributed by atoms with Gasteiger partial charge in [-0.25, -0.2) is 9.59 Å². The quantitative estimate of drug-likeness (QED) is 0.477. The molecule has 0 aromatic rings. The molecule has 0 bridgehead atoms. The Kier molecular flexibility index (Phi) is 6.87. The van der Waals surface area contributed by atoms with Gasteiger partial charge >= 0.3 is 11.9 Å². The van der Waals surface area contributed by atoms with Crippen LogP contribution in [0.15, 0.2) is 24.8 Å². The van der Waals surface area contributed by atoms with Gasteiger partial charge in [-0.3, -0.25) is 0 Å². The van der Waals surface area contributed by atoms with Gasteiger partial charge in [0.05, 0.1) is 6.61 Å². The molecule has 0 amide bonds. The van der Waals surface area contributed by atoms with Gasteiger partial charge in [0.15, 0.2) is 6.10 Å². The Bertz CT molecular complexity index is 282. The molecule has 0 fully saturated rings. The van der Waals surface area contributed by atoms with E-state index in [9.17, 15) is 9.59 Å². The van der Waals surface area contributed by atoms with Crippen LogP contribution in [-0.4, -0.2) is 38.4 Å². The number of rotatable bonds is 7. The van der Waals surface area contributed by atoms with Crippen LogP contribution in [0.2, 0.25) is 0 Å². The second kappa shape index (κ2) is 7.64. The highest BCUT2D eigenvalue weighted by Crippen LogP contribution is 2.01. The molecule has 0 aliphatic heterocycles. The van der Waals surface area contributed by atoms with E-state index in [-0.39, 0.29) is 18.8 Å². The number of carbonyl (C=O) groups excluding carboxylic acids is 2. The van der Waals surface area contributed by atoms with Crippen LogP contribution in [0.1, 0.15) is 6.92 Å². The van der Waals surface area contributed by atoms with Crippen LogP contribution >= 0.6 is 0 Å². The molecule has 0 radical (unpaired) electrons. The lowest BCUT2D eigenvalue weighted by atomic mass is 10.3. The minimum atomic E-state index is -0.641. The summed E-state index contributed by atoms with van der Waals surface area (Å²) >= 11 is 0. The molecule has 0 saturated carbocycles. The summed E-state index contributed by atoms with van der Waals surface area (Å²) < 4.78 is 14.5. The van der Waals surface area contributed by atoms with Gasteiger partial charge in [-0.15, -0.1) is 0 Å². The molecule has 90 valence electrons. The lowest BCUT2D eigenvalue weighted by molar-refractivity contribution is -0.156. The molecule has 0 aromatic carbocycles. The Morgan fingerprint density at radius 2 is 2.00 bits per heavy atom. The second-order valence-electron chi connectivity index (χ2n) is 3.10. The molecule has 5 heteroatoms. The molecular formula is C11H16O5. The Balaban J connectivity index is 4.16. The van der Waals surface area contributed by atoms with E-state index in [0.717, 1.165) is 6.08 Å². The molecule has 0 aliphatic carbocycles. The molecule has 0 aromatic heterocycles. The predicted molar refractivity (Wildman–Crippen MR) is 57.7 cm³/mol. The van der Waals surface area contributed by atoms with Gasteiger partial charge in [-0.1, -0.05) is 13.2 Å². The molecular weight excluding hydrogens is 212 g/mol. The summed E-state index contributed by atoms with van der Waals surface area (Å²) in [5.41, 5.74) is 0.274. The van der Waals surface area contributed by atoms with Gasteiger partial charge in [-0.2, -0.15) is 0 Å². The first-order valence-electron chi connectivity index (χ1n) is 4.65. The Morgan fingerprint density at radius 1 is 1.38 bits per heavy atom. The van der Waals surface area contributed by atoms with Crippen LogP contribution in [0.25, 0.3) is 0 Å². The van der Waals surface area contributed by atoms with Gasteiger partial charge < -0.3 is 14.2 Å². The number of esters is 2. The minimum Gasteiger partial charge on any atom is -0.458 e. The molecule has 1 unspecified atom stereocenters. The van der Waals surface area contributed by atoms with Crippen molar-refractivity contribution in [1.29, 1.82) is 0 Å². The van der Waals surface area contributed by atoms with Crippen molar-refractivity contribution in [3.8, 4) is 0 Å². The van der Waals surface area contributed by atoms with Crippen LogP contribution in [0.4, 0.5) is 0 Å². The van der Waals surface area contributed by atoms with Crippen molar-refractivity contribution in [2.45, 2.75) is 13.0 Å². The van der Waals surface area contributed by atoms with E-state index in [0.29, 0.717) is 0 Å². The molecule has 16 heavy (non-hydrogen) atoms. The predicted octanol–water partition coefficient (Wildman–Crippen LogP) is 0.850. The summed E-state index contributed by atoms with van der Waals surface area (Å²) in [6, 6.07) is 0. The third-order valence-corrected chi connectivity index (χ3v) is 1.55. The molecule has 1 atom stereocenters. The van der Waals surface area contributed by atoms with E-state index in [4.69, 9.17) is 14.2 Å². The monoisotopic (exact) mass is 228 g/mol. The molecule has 0 N–H and O–H groups in total. The maximum absolute atomic E-state index is 11.2. The van der Waals surface area contributed by atoms with Crippen molar-refractivity contribution in [3.05, 3.63) is 24.8 Å². The van der Waals surface area contributed by atoms with Gasteiger partial charge in [0.2, 0.25) is 0 Å². The van der Waals surface area contributed by atoms with E-state index in [2.05, 4.69) is 13.2 Å². The number of methoxy groups -OCH3 is 1. The molecule has 5 nitrogen and oxygen atoms in total. The van der Waals surface area contributed by atoms with Gasteiger partial charge in [0, 0.05) is 18.8 Å². The van der Waals surface area contributed by atoms with E-state index in [1.54, 1.807) is 0 Å². The Hall–Kier alpha value is -1.62. The zero-order valence-electron chi connectivity index (χ0n) is 9.52. The van der Waals surface area contributed by atoms with E-state index < -0.39 is 18.0 Å². The molecule has 0 saturated heterocycles. The van der Waals surface area contributed by atoms with Crippen molar-refractivity contribution in [2.24, 2.45) is 0 Å². The zero-order valence-corrected chi connectivity index (χ0v) is 9.52. The van der Waals surface area contributed by atoms with Gasteiger partial charge in [0.1, 0.15) is 6.61 Å². The first-order chi connectivity index (χ1) is 7.51. The fraction of sp³-hybridized carbons (Fsp3) is 0.455. The topological polar surface area (TPSA) is 61.8 Å². The fourth-order valence-electron chi connectivity index (χ4n) is 0.788. The smallest absolute Gasteiger partial charge is 0.333 e. The molecule has 0 heterocycles. The third kappa shape index (κ3) is 5.98. The highest BCUT2D eigenvalue weighted by atomic mass is 16.6. The van der Waals surface area contributed by atoms with Crippen LogP contribution in [0.5, 0.6) is 0 Å². The SMILES string of the molecule is C=CC(=O)OCC(COC)OC(=O)C(=C)C. The lowest BCUT2D eigenvalue weighted by Crippen LogP contribution is -2.29. The highest BCUT2D eigenvalue weighted by molar-refractivity contribution is 5.87. The average Bonchev–Trinajstić information content (AvgIpc) is 2.25. The van der Waals surface area contributed by atoms with Gasteiger partial charge in [0.25, 0.3) is 0 Å². The first kappa shape index (κ1) is 14.4. The van der Waals surface area contributed by atoms with E-state index >= 15 is 0 Å². The van der Waals surface area contributed by atoms with Crippen LogP contribution in [-0.2, 0) is 23.8 Å². The number of ether oxygens (including phenoxy) is 3. The van der Waals surface area contributed by atoms with E-state index in [1.165, 1.54) is 14.0 Å². The average molecular weight is 228 g/mol. The van der Waals surface area contributed by atoms with Crippen LogP contribution in [0, 0.1) is 0 Å². The summed E-state index contributed by atoms with van der Waals surface area (Å²) in [6.07, 6.45) is 0.392. The summed E-state index contributed by atoms with van der Waals surface area (Å²) in [6.45, 7) is 8.29. The number of hydrogen-bond donors (Lipinski definition) is 0. The van der Waals surface area contributed by atoms with Crippen molar-refractivity contribution in [1.82, 2.24) is 0 Å². The summed E-state index contributed by atoms with van der Waals surface area (Å²) in [4.78, 5) is 22.0. The molecule has 0 spiro atoms. The maximum atomic E-state index is 11.2. The van der Waals surface area contributed by atoms with Crippen molar-refractivity contribution in [2.75, 3.05) is 20.3 Å². The summed E-state index contributed by atoms with van der Waals surface area (Å²) in [5.74, 6) is -1.12. The van der Waals surface area contributed by atoms with E-state index in [1.807, 2.05) is 0 Å². The van der Waals surface area contributed by atoms with Crippen molar-refractivity contribution >= 4 is 11.9 Å². The first-order valence-corrected chi connectivity index (χ1v) is 4.65. The largest absolute Gasteiger partial charge is 0.458 e. The van der Waals surface area contributed by atoms with Crippen LogP contribution < -0.4 is 0 Å². The summed E-state index contributed by atoms with van der Waals surface area (Å²) in [7, 11) is 1.46. The minimum absolute atomic E-state index is 0.0717. The summed E-state index contributed by atoms with van der Waals surface area (Å²) in [5, 5.41) is 0. The molecule has 0 aliphatic rings. The van der Waals surface area contributed by atoms with Gasteiger partial charge in [-0.05, 0) is 6.92 Å². The zero-order chi connectivity index (χ0) is 12.6.